The van der Waals surface area contributed by atoms with E-state index in [2.05, 4.69) is 20.2 Å². The van der Waals surface area contributed by atoms with Crippen molar-refractivity contribution < 1.29 is 4.79 Å². The molecule has 1 saturated carbocycles. The number of hydrogen-bond donors (Lipinski definition) is 1. The second-order valence-corrected chi connectivity index (χ2v) is 5.93. The van der Waals surface area contributed by atoms with Crippen LogP contribution in [0.3, 0.4) is 0 Å². The van der Waals surface area contributed by atoms with Gasteiger partial charge in [0.15, 0.2) is 0 Å². The van der Waals surface area contributed by atoms with E-state index in [0.29, 0.717) is 11.5 Å². The van der Waals surface area contributed by atoms with E-state index < -0.39 is 0 Å². The number of nitrogens with zero attached hydrogens (tertiary/aromatic N) is 3. The first kappa shape index (κ1) is 13.5. The normalized spacial score (nSPS) is 24.1. The lowest BCUT2D eigenvalue weighted by Crippen LogP contribution is -2.34. The van der Waals surface area contributed by atoms with Crippen LogP contribution in [0.2, 0.25) is 0 Å². The van der Waals surface area contributed by atoms with Crippen LogP contribution in [0.1, 0.15) is 42.5 Å². The Kier molecular flexibility index (Phi) is 4.25. The summed E-state index contributed by atoms with van der Waals surface area (Å²) in [6.07, 6.45) is 11.2. The van der Waals surface area contributed by atoms with E-state index in [1.807, 2.05) is 0 Å². The van der Waals surface area contributed by atoms with Crippen molar-refractivity contribution in [2.24, 2.45) is 5.92 Å². The molecule has 1 aliphatic carbocycles. The molecule has 1 aromatic rings. The van der Waals surface area contributed by atoms with Crippen molar-refractivity contribution in [2.75, 3.05) is 19.6 Å². The van der Waals surface area contributed by atoms with Gasteiger partial charge in [0.2, 0.25) is 0 Å². The Morgan fingerprint density at radius 1 is 1.25 bits per heavy atom. The monoisotopic (exact) mass is 274 g/mol. The van der Waals surface area contributed by atoms with Gasteiger partial charge in [0.25, 0.3) is 5.91 Å². The third-order valence-electron chi connectivity index (χ3n) is 4.53. The predicted octanol–water partition coefficient (Wildman–Crippen LogP) is 1.47. The number of carbonyl (C=O) groups is 1. The first-order valence-corrected chi connectivity index (χ1v) is 7.60. The van der Waals surface area contributed by atoms with Crippen molar-refractivity contribution in [1.82, 2.24) is 20.2 Å². The van der Waals surface area contributed by atoms with E-state index in [0.717, 1.165) is 19.1 Å². The molecule has 1 atom stereocenters. The van der Waals surface area contributed by atoms with Crippen LogP contribution in [-0.2, 0) is 0 Å². The number of nitrogens with one attached hydrogen (secondary N) is 1. The van der Waals surface area contributed by atoms with E-state index in [9.17, 15) is 4.79 Å². The zero-order valence-corrected chi connectivity index (χ0v) is 11.8. The molecule has 0 aromatic carbocycles. The number of rotatable bonds is 4. The lowest BCUT2D eigenvalue weighted by molar-refractivity contribution is 0.0946. The van der Waals surface area contributed by atoms with Crippen molar-refractivity contribution in [3.05, 3.63) is 24.3 Å². The third kappa shape index (κ3) is 3.15. The molecule has 0 spiro atoms. The molecule has 108 valence electrons. The van der Waals surface area contributed by atoms with Crippen LogP contribution in [0.25, 0.3) is 0 Å². The Balaban J connectivity index is 1.44. The summed E-state index contributed by atoms with van der Waals surface area (Å²) in [6, 6.07) is 0.804. The smallest absolute Gasteiger partial charge is 0.254 e. The molecule has 2 heterocycles. The minimum atomic E-state index is -0.0649. The summed E-state index contributed by atoms with van der Waals surface area (Å²) in [7, 11) is 0. The Morgan fingerprint density at radius 2 is 2.00 bits per heavy atom. The van der Waals surface area contributed by atoms with Gasteiger partial charge < -0.3 is 10.2 Å². The molecule has 0 radical (unpaired) electrons. The summed E-state index contributed by atoms with van der Waals surface area (Å²) in [5.41, 5.74) is 0.540. The Bertz CT molecular complexity index is 444. The molecule has 5 heteroatoms. The SMILES string of the molecule is O=C(NC[C@@H]1CCN(C2CCCC2)C1)c1cncnc1. The van der Waals surface area contributed by atoms with Gasteiger partial charge in [0.05, 0.1) is 5.56 Å². The van der Waals surface area contributed by atoms with Crippen LogP contribution in [0, 0.1) is 5.92 Å². The van der Waals surface area contributed by atoms with Crippen LogP contribution in [0.15, 0.2) is 18.7 Å². The van der Waals surface area contributed by atoms with Crippen molar-refractivity contribution in [1.29, 1.82) is 0 Å². The van der Waals surface area contributed by atoms with E-state index >= 15 is 0 Å². The van der Waals surface area contributed by atoms with Gasteiger partial charge in [-0.15, -0.1) is 0 Å². The summed E-state index contributed by atoms with van der Waals surface area (Å²) in [5.74, 6) is 0.522. The van der Waals surface area contributed by atoms with Crippen molar-refractivity contribution in [3.8, 4) is 0 Å². The summed E-state index contributed by atoms with van der Waals surface area (Å²) < 4.78 is 0. The predicted molar refractivity (Wildman–Crippen MR) is 76.3 cm³/mol. The first-order valence-electron chi connectivity index (χ1n) is 7.60. The van der Waals surface area contributed by atoms with Crippen LogP contribution in [0.4, 0.5) is 0 Å². The molecule has 1 amide bonds. The summed E-state index contributed by atoms with van der Waals surface area (Å²) in [5, 5.41) is 3.01. The molecule has 5 nitrogen and oxygen atoms in total. The second-order valence-electron chi connectivity index (χ2n) is 5.93. The fraction of sp³-hybridized carbons (Fsp3) is 0.667. The standard InChI is InChI=1S/C15H22N4O/c20-15(13-8-16-11-17-9-13)18-7-12-5-6-19(10-12)14-3-1-2-4-14/h8-9,11-12,14H,1-7,10H2,(H,18,20)/t12-/m0/s1. The number of amides is 1. The Morgan fingerprint density at radius 3 is 2.75 bits per heavy atom. The molecular weight excluding hydrogens is 252 g/mol. The van der Waals surface area contributed by atoms with Crippen molar-refractivity contribution in [3.63, 3.8) is 0 Å². The van der Waals surface area contributed by atoms with Gasteiger partial charge in [0, 0.05) is 31.5 Å². The zero-order chi connectivity index (χ0) is 13.8. The molecule has 2 aliphatic rings. The molecule has 0 unspecified atom stereocenters. The maximum atomic E-state index is 11.9. The van der Waals surface area contributed by atoms with Gasteiger partial charge in [-0.1, -0.05) is 12.8 Å². The molecule has 1 aliphatic heterocycles. The maximum Gasteiger partial charge on any atom is 0.254 e. The molecule has 2 fully saturated rings. The van der Waals surface area contributed by atoms with Gasteiger partial charge in [-0.05, 0) is 31.7 Å². The number of hydrogen-bond acceptors (Lipinski definition) is 4. The highest BCUT2D eigenvalue weighted by Crippen LogP contribution is 2.28. The van der Waals surface area contributed by atoms with Gasteiger partial charge >= 0.3 is 0 Å². The fourth-order valence-electron chi connectivity index (χ4n) is 3.39. The summed E-state index contributed by atoms with van der Waals surface area (Å²) in [6.45, 7) is 3.09. The first-order chi connectivity index (χ1) is 9.83. The van der Waals surface area contributed by atoms with Gasteiger partial charge in [-0.2, -0.15) is 0 Å². The Hall–Kier alpha value is -1.49. The van der Waals surface area contributed by atoms with E-state index in [1.54, 1.807) is 12.4 Å². The van der Waals surface area contributed by atoms with Gasteiger partial charge in [0.1, 0.15) is 6.33 Å². The highest BCUT2D eigenvalue weighted by atomic mass is 16.1. The minimum Gasteiger partial charge on any atom is -0.352 e. The maximum absolute atomic E-state index is 11.9. The lowest BCUT2D eigenvalue weighted by atomic mass is 10.1. The minimum absolute atomic E-state index is 0.0649. The third-order valence-corrected chi connectivity index (χ3v) is 4.53. The largest absolute Gasteiger partial charge is 0.352 e. The summed E-state index contributed by atoms with van der Waals surface area (Å²) >= 11 is 0. The van der Waals surface area contributed by atoms with Crippen LogP contribution < -0.4 is 5.32 Å². The lowest BCUT2D eigenvalue weighted by Gasteiger charge is -2.23. The molecule has 1 N–H and O–H groups in total. The highest BCUT2D eigenvalue weighted by molar-refractivity contribution is 5.93. The van der Waals surface area contributed by atoms with Crippen molar-refractivity contribution >= 4 is 5.91 Å². The zero-order valence-electron chi connectivity index (χ0n) is 11.8. The van der Waals surface area contributed by atoms with Gasteiger partial charge in [-0.25, -0.2) is 9.97 Å². The molecule has 1 saturated heterocycles. The molecule has 0 bridgehead atoms. The number of likely N-dealkylation sites (tertiary alicyclic amines) is 1. The average molecular weight is 274 g/mol. The van der Waals surface area contributed by atoms with E-state index in [4.69, 9.17) is 0 Å². The second kappa shape index (κ2) is 6.31. The molecule has 1 aromatic heterocycles. The molecular formula is C15H22N4O. The van der Waals surface area contributed by atoms with Crippen molar-refractivity contribution in [2.45, 2.75) is 38.1 Å². The topological polar surface area (TPSA) is 58.1 Å². The van der Waals surface area contributed by atoms with Crippen LogP contribution in [0.5, 0.6) is 0 Å². The summed E-state index contributed by atoms with van der Waals surface area (Å²) in [4.78, 5) is 22.3. The van der Waals surface area contributed by atoms with Crippen LogP contribution in [-0.4, -0.2) is 46.5 Å². The molecule has 20 heavy (non-hydrogen) atoms. The van der Waals surface area contributed by atoms with E-state index in [1.165, 1.54) is 45.0 Å². The Labute approximate surface area is 119 Å². The number of aromatic nitrogens is 2. The fourth-order valence-corrected chi connectivity index (χ4v) is 3.39. The average Bonchev–Trinajstić information content (AvgIpc) is 3.16. The molecule has 3 rings (SSSR count). The highest BCUT2D eigenvalue weighted by Gasteiger charge is 2.29. The number of carbonyl (C=O) groups excluding carboxylic acids is 1. The van der Waals surface area contributed by atoms with Crippen LogP contribution >= 0.6 is 0 Å². The van der Waals surface area contributed by atoms with E-state index in [-0.39, 0.29) is 5.91 Å². The van der Waals surface area contributed by atoms with Gasteiger partial charge in [-0.3, -0.25) is 4.79 Å². The quantitative estimate of drug-likeness (QED) is 0.903.